The lowest BCUT2D eigenvalue weighted by Gasteiger charge is -2.28. The van der Waals surface area contributed by atoms with Gasteiger partial charge in [-0.25, -0.2) is 8.42 Å². The second-order valence-electron chi connectivity index (χ2n) is 7.30. The normalized spacial score (nSPS) is 12.0. The van der Waals surface area contributed by atoms with Gasteiger partial charge in [-0.15, -0.1) is 0 Å². The van der Waals surface area contributed by atoms with Gasteiger partial charge in [-0.05, 0) is 56.7 Å². The average Bonchev–Trinajstić information content (AvgIpc) is 2.77. The Hall–Kier alpha value is -3.11. The van der Waals surface area contributed by atoms with Gasteiger partial charge in [0.15, 0.2) is 0 Å². The maximum Gasteiger partial charge on any atom is 0.253 e. The molecule has 0 radical (unpaired) electrons. The second-order valence-corrected chi connectivity index (χ2v) is 9.16. The standard InChI is InChI=1S/C23H31N3O6S/c1-5-32-19-13-11-18(12-14-19)26(33(4,29)30)17(2)22(27)25-21-10-7-6-9-20(21)23(28)24-15-8-16-31-3/h6-7,9-14,17H,5,8,15-16H2,1-4H3,(H,24,28)(H,25,27)/t17-/m1/s1. The number of nitrogens with one attached hydrogen (secondary N) is 2. The minimum absolute atomic E-state index is 0.280. The van der Waals surface area contributed by atoms with Crippen LogP contribution in [0.4, 0.5) is 11.4 Å². The van der Waals surface area contributed by atoms with Gasteiger partial charge in [-0.2, -0.15) is 0 Å². The minimum atomic E-state index is -3.78. The number of carbonyl (C=O) groups excluding carboxylic acids is 2. The van der Waals surface area contributed by atoms with Crippen LogP contribution in [-0.2, 0) is 19.6 Å². The third-order valence-corrected chi connectivity index (χ3v) is 5.97. The average molecular weight is 478 g/mol. The number of carbonyl (C=O) groups is 2. The van der Waals surface area contributed by atoms with Gasteiger partial charge in [-0.1, -0.05) is 12.1 Å². The van der Waals surface area contributed by atoms with Crippen molar-refractivity contribution in [2.24, 2.45) is 0 Å². The van der Waals surface area contributed by atoms with E-state index >= 15 is 0 Å². The first-order chi connectivity index (χ1) is 15.7. The van der Waals surface area contributed by atoms with Gasteiger partial charge in [0.1, 0.15) is 11.8 Å². The highest BCUT2D eigenvalue weighted by Gasteiger charge is 2.29. The van der Waals surface area contributed by atoms with Gasteiger partial charge in [0.2, 0.25) is 15.9 Å². The van der Waals surface area contributed by atoms with Crippen LogP contribution in [0.25, 0.3) is 0 Å². The molecule has 0 unspecified atom stereocenters. The molecule has 2 rings (SSSR count). The van der Waals surface area contributed by atoms with Crippen LogP contribution in [0.1, 0.15) is 30.6 Å². The number of para-hydroxylation sites is 1. The number of benzene rings is 2. The lowest BCUT2D eigenvalue weighted by atomic mass is 10.1. The Bertz CT molecular complexity index is 1040. The summed E-state index contributed by atoms with van der Waals surface area (Å²) in [6, 6.07) is 11.9. The highest BCUT2D eigenvalue weighted by Crippen LogP contribution is 2.25. The molecule has 0 spiro atoms. The monoisotopic (exact) mass is 477 g/mol. The molecular formula is C23H31N3O6S. The van der Waals surface area contributed by atoms with E-state index in [4.69, 9.17) is 9.47 Å². The Morgan fingerprint density at radius 3 is 2.36 bits per heavy atom. The van der Waals surface area contributed by atoms with Crippen LogP contribution in [0.3, 0.4) is 0 Å². The summed E-state index contributed by atoms with van der Waals surface area (Å²) in [5, 5.41) is 5.47. The minimum Gasteiger partial charge on any atom is -0.494 e. The Morgan fingerprint density at radius 1 is 1.09 bits per heavy atom. The Labute approximate surface area is 195 Å². The first-order valence-electron chi connectivity index (χ1n) is 10.6. The van der Waals surface area contributed by atoms with E-state index in [9.17, 15) is 18.0 Å². The van der Waals surface area contributed by atoms with Crippen LogP contribution < -0.4 is 19.7 Å². The summed E-state index contributed by atoms with van der Waals surface area (Å²) in [5.74, 6) is -0.327. The lowest BCUT2D eigenvalue weighted by Crippen LogP contribution is -2.45. The van der Waals surface area contributed by atoms with Crippen LogP contribution in [0.5, 0.6) is 5.75 Å². The maximum atomic E-state index is 13.0. The Morgan fingerprint density at radius 2 is 1.76 bits per heavy atom. The number of hydrogen-bond donors (Lipinski definition) is 2. The Kier molecular flexibility index (Phi) is 9.68. The summed E-state index contributed by atoms with van der Waals surface area (Å²) in [5.41, 5.74) is 0.897. The predicted molar refractivity (Wildman–Crippen MR) is 128 cm³/mol. The van der Waals surface area contributed by atoms with Crippen molar-refractivity contribution < 1.29 is 27.5 Å². The molecule has 0 aliphatic carbocycles. The number of sulfonamides is 1. The molecule has 1 atom stereocenters. The fourth-order valence-corrected chi connectivity index (χ4v) is 4.38. The number of ether oxygens (including phenoxy) is 2. The summed E-state index contributed by atoms with van der Waals surface area (Å²) in [6.07, 6.45) is 1.69. The van der Waals surface area contributed by atoms with Gasteiger partial charge in [0, 0.05) is 20.3 Å². The molecule has 2 N–H and O–H groups in total. The van der Waals surface area contributed by atoms with Crippen molar-refractivity contribution >= 4 is 33.2 Å². The van der Waals surface area contributed by atoms with Crippen molar-refractivity contribution in [3.63, 3.8) is 0 Å². The van der Waals surface area contributed by atoms with E-state index < -0.39 is 22.0 Å². The largest absolute Gasteiger partial charge is 0.494 e. The van der Waals surface area contributed by atoms with Crippen molar-refractivity contribution in [2.45, 2.75) is 26.3 Å². The van der Waals surface area contributed by atoms with Gasteiger partial charge >= 0.3 is 0 Å². The molecule has 10 heteroatoms. The summed E-state index contributed by atoms with van der Waals surface area (Å²) in [7, 11) is -2.20. The first-order valence-corrected chi connectivity index (χ1v) is 12.4. The van der Waals surface area contributed by atoms with Crippen molar-refractivity contribution in [2.75, 3.05) is 42.7 Å². The lowest BCUT2D eigenvalue weighted by molar-refractivity contribution is -0.116. The van der Waals surface area contributed by atoms with E-state index in [-0.39, 0.29) is 11.5 Å². The third kappa shape index (κ3) is 7.47. The third-order valence-electron chi connectivity index (χ3n) is 4.73. The van der Waals surface area contributed by atoms with Crippen LogP contribution in [0, 0.1) is 0 Å². The molecule has 2 amide bonds. The molecule has 180 valence electrons. The van der Waals surface area contributed by atoms with Crippen LogP contribution >= 0.6 is 0 Å². The van der Waals surface area contributed by atoms with E-state index in [1.807, 2.05) is 6.92 Å². The highest BCUT2D eigenvalue weighted by atomic mass is 32.2. The molecule has 0 aliphatic heterocycles. The van der Waals surface area contributed by atoms with Gasteiger partial charge in [0.25, 0.3) is 5.91 Å². The zero-order chi connectivity index (χ0) is 24.4. The van der Waals surface area contributed by atoms with E-state index in [1.165, 1.54) is 6.92 Å². The van der Waals surface area contributed by atoms with E-state index in [1.54, 1.807) is 55.6 Å². The SMILES string of the molecule is CCOc1ccc(N([C@H](C)C(=O)Nc2ccccc2C(=O)NCCCOC)S(C)(=O)=O)cc1. The molecule has 0 saturated heterocycles. The van der Waals surface area contributed by atoms with E-state index in [0.29, 0.717) is 43.3 Å². The molecule has 0 aromatic heterocycles. The number of methoxy groups -OCH3 is 1. The summed E-state index contributed by atoms with van der Waals surface area (Å²) in [4.78, 5) is 25.6. The molecule has 33 heavy (non-hydrogen) atoms. The summed E-state index contributed by atoms with van der Waals surface area (Å²) >= 11 is 0. The summed E-state index contributed by atoms with van der Waals surface area (Å²) in [6.45, 7) is 4.75. The molecule has 0 heterocycles. The van der Waals surface area contributed by atoms with Crippen LogP contribution in [0.2, 0.25) is 0 Å². The fraction of sp³-hybridized carbons (Fsp3) is 0.391. The van der Waals surface area contributed by atoms with Crippen molar-refractivity contribution in [1.82, 2.24) is 5.32 Å². The zero-order valence-electron chi connectivity index (χ0n) is 19.3. The Balaban J connectivity index is 2.21. The maximum absolute atomic E-state index is 13.0. The number of nitrogens with zero attached hydrogens (tertiary/aromatic N) is 1. The molecule has 0 bridgehead atoms. The molecule has 2 aromatic rings. The quantitative estimate of drug-likeness (QED) is 0.454. The number of hydrogen-bond acceptors (Lipinski definition) is 6. The number of rotatable bonds is 12. The van der Waals surface area contributed by atoms with E-state index in [0.717, 1.165) is 10.6 Å². The predicted octanol–water partition coefficient (Wildman–Crippen LogP) is 2.64. The zero-order valence-corrected chi connectivity index (χ0v) is 20.1. The molecule has 0 aliphatic rings. The van der Waals surface area contributed by atoms with Gasteiger partial charge < -0.3 is 20.1 Å². The van der Waals surface area contributed by atoms with E-state index in [2.05, 4.69) is 10.6 Å². The second kappa shape index (κ2) is 12.2. The topological polar surface area (TPSA) is 114 Å². The summed E-state index contributed by atoms with van der Waals surface area (Å²) < 4.78 is 36.5. The molecule has 0 fully saturated rings. The van der Waals surface area contributed by atoms with Crippen molar-refractivity contribution in [1.29, 1.82) is 0 Å². The van der Waals surface area contributed by atoms with Crippen LogP contribution in [0.15, 0.2) is 48.5 Å². The highest BCUT2D eigenvalue weighted by molar-refractivity contribution is 7.92. The number of amides is 2. The molecule has 2 aromatic carbocycles. The molecule has 9 nitrogen and oxygen atoms in total. The van der Waals surface area contributed by atoms with Crippen molar-refractivity contribution in [3.8, 4) is 5.75 Å². The molecule has 0 saturated carbocycles. The van der Waals surface area contributed by atoms with Crippen LogP contribution in [-0.4, -0.2) is 59.4 Å². The number of anilines is 2. The molecular weight excluding hydrogens is 446 g/mol. The fourth-order valence-electron chi connectivity index (χ4n) is 3.21. The first kappa shape index (κ1) is 26.1. The van der Waals surface area contributed by atoms with Gasteiger partial charge in [0.05, 0.1) is 29.8 Å². The smallest absolute Gasteiger partial charge is 0.253 e. The van der Waals surface area contributed by atoms with Gasteiger partial charge in [-0.3, -0.25) is 13.9 Å². The van der Waals surface area contributed by atoms with Crippen molar-refractivity contribution in [3.05, 3.63) is 54.1 Å².